The molecule has 0 saturated carbocycles. The molecule has 0 heterocycles. The van der Waals surface area contributed by atoms with E-state index in [9.17, 15) is 4.79 Å². The van der Waals surface area contributed by atoms with Crippen LogP contribution in [-0.2, 0) is 0 Å². The van der Waals surface area contributed by atoms with Gasteiger partial charge in [0.1, 0.15) is 6.29 Å². The fraction of sp³-hybridized carbons (Fsp3) is 0.182. The molecule has 0 radical (unpaired) electrons. The minimum absolute atomic E-state index is 0.676. The van der Waals surface area contributed by atoms with Gasteiger partial charge in [-0.1, -0.05) is 24.0 Å². The molecule has 0 aliphatic carbocycles. The number of rotatable bonds is 2. The lowest BCUT2D eigenvalue weighted by Crippen LogP contribution is -2.04. The molecule has 0 atom stereocenters. The Kier molecular flexibility index (Phi) is 3.74. The van der Waals surface area contributed by atoms with E-state index in [1.54, 1.807) is 12.1 Å². The molecule has 0 amide bonds. The van der Waals surface area contributed by atoms with Gasteiger partial charge in [0.15, 0.2) is 0 Å². The molecular weight excluding hydrogens is 162 g/mol. The molecule has 0 spiro atoms. The van der Waals surface area contributed by atoms with Crippen molar-refractivity contribution in [1.29, 1.82) is 0 Å². The van der Waals surface area contributed by atoms with E-state index in [2.05, 4.69) is 17.2 Å². The van der Waals surface area contributed by atoms with Gasteiger partial charge < -0.3 is 5.32 Å². The van der Waals surface area contributed by atoms with Crippen LogP contribution in [0, 0.1) is 11.8 Å². The third-order valence-corrected chi connectivity index (χ3v) is 1.54. The Bertz CT molecular complexity index is 329. The third-order valence-electron chi connectivity index (χ3n) is 1.54. The van der Waals surface area contributed by atoms with Gasteiger partial charge in [0.2, 0.25) is 0 Å². The lowest BCUT2D eigenvalue weighted by Gasteiger charge is -1.90. The summed E-state index contributed by atoms with van der Waals surface area (Å²) < 4.78 is 0. The first-order valence-corrected chi connectivity index (χ1v) is 4.05. The largest absolute Gasteiger partial charge is 0.309 e. The van der Waals surface area contributed by atoms with Gasteiger partial charge in [-0.3, -0.25) is 4.79 Å². The van der Waals surface area contributed by atoms with Crippen molar-refractivity contribution in [1.82, 2.24) is 5.32 Å². The van der Waals surface area contributed by atoms with Gasteiger partial charge >= 0.3 is 0 Å². The molecule has 0 aliphatic rings. The van der Waals surface area contributed by atoms with Crippen LogP contribution in [0.25, 0.3) is 0 Å². The van der Waals surface area contributed by atoms with E-state index in [1.807, 2.05) is 19.2 Å². The second-order valence-electron chi connectivity index (χ2n) is 2.57. The molecular formula is C11H11NO. The Morgan fingerprint density at radius 1 is 1.38 bits per heavy atom. The summed E-state index contributed by atoms with van der Waals surface area (Å²) in [5.74, 6) is 5.91. The van der Waals surface area contributed by atoms with E-state index in [-0.39, 0.29) is 0 Å². The van der Waals surface area contributed by atoms with Crippen LogP contribution < -0.4 is 5.32 Å². The van der Waals surface area contributed by atoms with Gasteiger partial charge in [0.05, 0.1) is 6.54 Å². The Morgan fingerprint density at radius 3 is 2.62 bits per heavy atom. The number of hydrogen-bond donors (Lipinski definition) is 1. The van der Waals surface area contributed by atoms with Crippen LogP contribution in [0.15, 0.2) is 24.3 Å². The van der Waals surface area contributed by atoms with Crippen molar-refractivity contribution in [2.75, 3.05) is 13.6 Å². The lowest BCUT2D eigenvalue weighted by molar-refractivity contribution is 0.112. The molecule has 0 aromatic heterocycles. The molecule has 0 saturated heterocycles. The lowest BCUT2D eigenvalue weighted by atomic mass is 10.1. The molecule has 1 aromatic carbocycles. The first-order chi connectivity index (χ1) is 6.36. The summed E-state index contributed by atoms with van der Waals surface area (Å²) >= 11 is 0. The summed E-state index contributed by atoms with van der Waals surface area (Å²) in [6, 6.07) is 7.20. The summed E-state index contributed by atoms with van der Waals surface area (Å²) in [4.78, 5) is 10.3. The van der Waals surface area contributed by atoms with Gasteiger partial charge in [0.25, 0.3) is 0 Å². The zero-order valence-corrected chi connectivity index (χ0v) is 7.50. The van der Waals surface area contributed by atoms with Crippen LogP contribution in [0.1, 0.15) is 15.9 Å². The molecule has 1 rings (SSSR count). The zero-order chi connectivity index (χ0) is 9.52. The quantitative estimate of drug-likeness (QED) is 0.535. The molecule has 0 aliphatic heterocycles. The van der Waals surface area contributed by atoms with E-state index in [0.29, 0.717) is 12.1 Å². The summed E-state index contributed by atoms with van der Waals surface area (Å²) in [5, 5.41) is 2.93. The van der Waals surface area contributed by atoms with Gasteiger partial charge in [-0.2, -0.15) is 0 Å². The number of aldehydes is 1. The van der Waals surface area contributed by atoms with Gasteiger partial charge in [0, 0.05) is 11.1 Å². The number of carbonyl (C=O) groups excluding carboxylic acids is 1. The summed E-state index contributed by atoms with van der Waals surface area (Å²) in [7, 11) is 1.85. The Hall–Kier alpha value is -1.59. The van der Waals surface area contributed by atoms with Crippen LogP contribution in [0.2, 0.25) is 0 Å². The number of hydrogen-bond acceptors (Lipinski definition) is 2. The third kappa shape index (κ3) is 3.10. The topological polar surface area (TPSA) is 29.1 Å². The monoisotopic (exact) mass is 173 g/mol. The van der Waals surface area contributed by atoms with Gasteiger partial charge in [-0.15, -0.1) is 0 Å². The van der Waals surface area contributed by atoms with E-state index < -0.39 is 0 Å². The van der Waals surface area contributed by atoms with Gasteiger partial charge in [-0.05, 0) is 19.2 Å². The van der Waals surface area contributed by atoms with Crippen LogP contribution in [-0.4, -0.2) is 19.9 Å². The Morgan fingerprint density at radius 2 is 2.08 bits per heavy atom. The highest BCUT2D eigenvalue weighted by Gasteiger charge is 1.88. The van der Waals surface area contributed by atoms with E-state index in [0.717, 1.165) is 11.8 Å². The van der Waals surface area contributed by atoms with Gasteiger partial charge in [-0.25, -0.2) is 0 Å². The number of nitrogens with one attached hydrogen (secondary N) is 1. The predicted molar refractivity (Wildman–Crippen MR) is 52.6 cm³/mol. The Balaban J connectivity index is 2.71. The molecule has 66 valence electrons. The highest BCUT2D eigenvalue weighted by Crippen LogP contribution is 1.99. The highest BCUT2D eigenvalue weighted by atomic mass is 16.1. The average molecular weight is 173 g/mol. The zero-order valence-electron chi connectivity index (χ0n) is 7.50. The van der Waals surface area contributed by atoms with Crippen LogP contribution in [0.4, 0.5) is 0 Å². The SMILES string of the molecule is CNCC#Cc1ccc(C=O)cc1. The molecule has 2 heteroatoms. The first-order valence-electron chi connectivity index (χ1n) is 4.05. The molecule has 13 heavy (non-hydrogen) atoms. The number of carbonyl (C=O) groups is 1. The second kappa shape index (κ2) is 5.13. The summed E-state index contributed by atoms with van der Waals surface area (Å²) in [5.41, 5.74) is 1.61. The average Bonchev–Trinajstić information content (AvgIpc) is 2.19. The molecule has 0 fully saturated rings. The minimum atomic E-state index is 0.676. The maximum Gasteiger partial charge on any atom is 0.150 e. The van der Waals surface area contributed by atoms with Crippen molar-refractivity contribution < 1.29 is 4.79 Å². The predicted octanol–water partition coefficient (Wildman–Crippen LogP) is 1.07. The highest BCUT2D eigenvalue weighted by molar-refractivity contribution is 5.74. The van der Waals surface area contributed by atoms with Crippen LogP contribution >= 0.6 is 0 Å². The van der Waals surface area contributed by atoms with Crippen molar-refractivity contribution in [2.24, 2.45) is 0 Å². The van der Waals surface area contributed by atoms with Crippen molar-refractivity contribution >= 4 is 6.29 Å². The van der Waals surface area contributed by atoms with Crippen molar-refractivity contribution in [2.45, 2.75) is 0 Å². The fourth-order valence-corrected chi connectivity index (χ4v) is 0.880. The first kappa shape index (κ1) is 9.50. The molecule has 0 unspecified atom stereocenters. The second-order valence-corrected chi connectivity index (χ2v) is 2.57. The molecule has 1 aromatic rings. The van der Waals surface area contributed by atoms with E-state index in [4.69, 9.17) is 0 Å². The van der Waals surface area contributed by atoms with Crippen molar-refractivity contribution in [3.8, 4) is 11.8 Å². The molecule has 1 N–H and O–H groups in total. The molecule has 0 bridgehead atoms. The standard InChI is InChI=1S/C11H11NO/c1-12-8-2-3-10-4-6-11(9-13)7-5-10/h4-7,9,12H,8H2,1H3. The van der Waals surface area contributed by atoms with Crippen molar-refractivity contribution in [3.05, 3.63) is 35.4 Å². The molecule has 2 nitrogen and oxygen atoms in total. The maximum absolute atomic E-state index is 10.3. The Labute approximate surface area is 78.0 Å². The van der Waals surface area contributed by atoms with E-state index in [1.165, 1.54) is 0 Å². The maximum atomic E-state index is 10.3. The summed E-state index contributed by atoms with van der Waals surface area (Å²) in [6.45, 7) is 0.676. The van der Waals surface area contributed by atoms with Crippen molar-refractivity contribution in [3.63, 3.8) is 0 Å². The van der Waals surface area contributed by atoms with Crippen LogP contribution in [0.5, 0.6) is 0 Å². The van der Waals surface area contributed by atoms with E-state index >= 15 is 0 Å². The van der Waals surface area contributed by atoms with Crippen LogP contribution in [0.3, 0.4) is 0 Å². The smallest absolute Gasteiger partial charge is 0.150 e. The summed E-state index contributed by atoms with van der Waals surface area (Å²) in [6.07, 6.45) is 0.824. The fourth-order valence-electron chi connectivity index (χ4n) is 0.880. The number of benzene rings is 1. The minimum Gasteiger partial charge on any atom is -0.309 e. The normalized spacial score (nSPS) is 8.69.